The fourth-order valence-electron chi connectivity index (χ4n) is 4.52. The third kappa shape index (κ3) is 3.41. The number of benzene rings is 1. The van der Waals surface area contributed by atoms with Crippen LogP contribution in [0.15, 0.2) is 24.4 Å². The van der Waals surface area contributed by atoms with Crippen LogP contribution in [0.1, 0.15) is 31.3 Å². The minimum absolute atomic E-state index is 0.0969. The van der Waals surface area contributed by atoms with E-state index in [2.05, 4.69) is 27.3 Å². The van der Waals surface area contributed by atoms with Gasteiger partial charge >= 0.3 is 0 Å². The highest BCUT2D eigenvalue weighted by Gasteiger charge is 2.26. The van der Waals surface area contributed by atoms with Gasteiger partial charge < -0.3 is 9.88 Å². The Morgan fingerprint density at radius 1 is 1.19 bits per heavy atom. The van der Waals surface area contributed by atoms with Crippen LogP contribution in [0, 0.1) is 25.6 Å². The summed E-state index contributed by atoms with van der Waals surface area (Å²) in [6.45, 7) is 5.18. The van der Waals surface area contributed by atoms with Crippen molar-refractivity contribution in [1.82, 2.24) is 24.1 Å². The van der Waals surface area contributed by atoms with Gasteiger partial charge in [-0.05, 0) is 56.4 Å². The predicted octanol–water partition coefficient (Wildman–Crippen LogP) is 4.98. The number of nitrogens with zero attached hydrogens (tertiary/aromatic N) is 5. The lowest BCUT2D eigenvalue weighted by atomic mass is 9.82. The molecule has 4 aromatic rings. The summed E-state index contributed by atoms with van der Waals surface area (Å²) in [6, 6.07) is 5.32. The van der Waals surface area contributed by atoms with Gasteiger partial charge in [0, 0.05) is 17.8 Å². The molecule has 0 amide bonds. The first kappa shape index (κ1) is 19.8. The van der Waals surface area contributed by atoms with Gasteiger partial charge in [0.25, 0.3) is 6.43 Å². The van der Waals surface area contributed by atoms with Gasteiger partial charge in [-0.15, -0.1) is 5.10 Å². The predicted molar refractivity (Wildman–Crippen MR) is 113 cm³/mol. The number of hydrogen-bond donors (Lipinski definition) is 1. The zero-order valence-electron chi connectivity index (χ0n) is 17.5. The van der Waals surface area contributed by atoms with Crippen LogP contribution < -0.4 is 5.32 Å². The lowest BCUT2D eigenvalue weighted by Gasteiger charge is -2.33. The molecular weight excluding hydrogens is 405 g/mol. The highest BCUT2D eigenvalue weighted by molar-refractivity contribution is 5.89. The standard InChI is InChI=1S/C22H23F3N6/c1-11-6-15(7-11)28-22-26-12(2)21-16(4-5-31(21)29-22)14-8-17(23)20-18(9-14)30(10-19(24)25)13(3)27-20/h4-5,8-9,11,15,19H,6-7,10H2,1-3H3,(H,28,29). The zero-order chi connectivity index (χ0) is 21.9. The Hall–Kier alpha value is -3.10. The van der Waals surface area contributed by atoms with Gasteiger partial charge in [0.05, 0.1) is 23.3 Å². The average Bonchev–Trinajstić information content (AvgIpc) is 3.23. The van der Waals surface area contributed by atoms with Crippen molar-refractivity contribution in [2.24, 2.45) is 5.92 Å². The number of alkyl halides is 2. The molecule has 0 radical (unpaired) electrons. The van der Waals surface area contributed by atoms with Crippen molar-refractivity contribution in [3.63, 3.8) is 0 Å². The van der Waals surface area contributed by atoms with E-state index in [-0.39, 0.29) is 5.52 Å². The van der Waals surface area contributed by atoms with Crippen molar-refractivity contribution in [3.05, 3.63) is 41.7 Å². The number of halogens is 3. The normalized spacial score (nSPS) is 18.8. The molecule has 1 saturated carbocycles. The summed E-state index contributed by atoms with van der Waals surface area (Å²) in [5, 5.41) is 7.93. The summed E-state index contributed by atoms with van der Waals surface area (Å²) in [4.78, 5) is 8.74. The van der Waals surface area contributed by atoms with Gasteiger partial charge in [-0.3, -0.25) is 0 Å². The van der Waals surface area contributed by atoms with E-state index in [0.29, 0.717) is 34.8 Å². The number of rotatable bonds is 5. The second-order valence-corrected chi connectivity index (χ2v) is 8.45. The van der Waals surface area contributed by atoms with Crippen LogP contribution in [0.5, 0.6) is 0 Å². The summed E-state index contributed by atoms with van der Waals surface area (Å²) < 4.78 is 44.0. The van der Waals surface area contributed by atoms with Gasteiger partial charge in [0.2, 0.25) is 5.95 Å². The van der Waals surface area contributed by atoms with Crippen molar-refractivity contribution in [2.75, 3.05) is 5.32 Å². The number of fused-ring (bicyclic) bond motifs is 2. The van der Waals surface area contributed by atoms with E-state index in [1.54, 1.807) is 23.7 Å². The molecule has 1 fully saturated rings. The minimum Gasteiger partial charge on any atom is -0.350 e. The van der Waals surface area contributed by atoms with Crippen LogP contribution in [0.2, 0.25) is 0 Å². The molecule has 0 saturated heterocycles. The van der Waals surface area contributed by atoms with Crippen LogP contribution in [0.4, 0.5) is 19.1 Å². The fourth-order valence-corrected chi connectivity index (χ4v) is 4.52. The third-order valence-corrected chi connectivity index (χ3v) is 6.02. The number of imidazole rings is 1. The number of aryl methyl sites for hydroxylation is 2. The summed E-state index contributed by atoms with van der Waals surface area (Å²) in [5.41, 5.74) is 3.26. The van der Waals surface area contributed by atoms with Crippen molar-refractivity contribution in [3.8, 4) is 11.1 Å². The summed E-state index contributed by atoms with van der Waals surface area (Å²) in [7, 11) is 0. The second kappa shape index (κ2) is 7.25. The van der Waals surface area contributed by atoms with Crippen LogP contribution in [0.25, 0.3) is 27.7 Å². The monoisotopic (exact) mass is 428 g/mol. The molecule has 3 heterocycles. The highest BCUT2D eigenvalue weighted by Crippen LogP contribution is 2.33. The van der Waals surface area contributed by atoms with Gasteiger partial charge in [-0.2, -0.15) is 0 Å². The Bertz CT molecular complexity index is 1290. The first-order valence-corrected chi connectivity index (χ1v) is 10.4. The summed E-state index contributed by atoms with van der Waals surface area (Å²) in [5.74, 6) is 1.09. The van der Waals surface area contributed by atoms with Crippen molar-refractivity contribution in [1.29, 1.82) is 0 Å². The van der Waals surface area contributed by atoms with E-state index in [0.717, 1.165) is 29.6 Å². The smallest absolute Gasteiger partial charge is 0.256 e. The highest BCUT2D eigenvalue weighted by atomic mass is 19.3. The van der Waals surface area contributed by atoms with Gasteiger partial charge in [-0.1, -0.05) is 6.92 Å². The maximum Gasteiger partial charge on any atom is 0.256 e. The topological polar surface area (TPSA) is 60.0 Å². The van der Waals surface area contributed by atoms with Crippen LogP contribution in [0.3, 0.4) is 0 Å². The maximum atomic E-state index is 14.8. The van der Waals surface area contributed by atoms with Gasteiger partial charge in [0.15, 0.2) is 5.82 Å². The summed E-state index contributed by atoms with van der Waals surface area (Å²) >= 11 is 0. The third-order valence-electron chi connectivity index (χ3n) is 6.02. The van der Waals surface area contributed by atoms with Crippen LogP contribution >= 0.6 is 0 Å². The molecule has 1 N–H and O–H groups in total. The van der Waals surface area contributed by atoms with E-state index in [1.807, 2.05) is 13.0 Å². The molecule has 31 heavy (non-hydrogen) atoms. The molecule has 1 aliphatic carbocycles. The van der Waals surface area contributed by atoms with E-state index >= 15 is 0 Å². The molecule has 0 spiro atoms. The molecule has 3 aromatic heterocycles. The largest absolute Gasteiger partial charge is 0.350 e. The van der Waals surface area contributed by atoms with Gasteiger partial charge in [0.1, 0.15) is 11.3 Å². The fraction of sp³-hybridized carbons (Fsp3) is 0.409. The first-order chi connectivity index (χ1) is 14.8. The van der Waals surface area contributed by atoms with E-state index in [9.17, 15) is 13.2 Å². The Kier molecular flexibility index (Phi) is 4.64. The molecule has 0 aliphatic heterocycles. The molecule has 5 rings (SSSR count). The van der Waals surface area contributed by atoms with E-state index in [1.165, 1.54) is 10.6 Å². The second-order valence-electron chi connectivity index (χ2n) is 8.45. The molecule has 162 valence electrons. The number of aromatic nitrogens is 5. The van der Waals surface area contributed by atoms with Crippen molar-refractivity contribution >= 4 is 22.5 Å². The van der Waals surface area contributed by atoms with Crippen molar-refractivity contribution in [2.45, 2.75) is 52.6 Å². The molecular formula is C22H23F3N6. The molecule has 1 aromatic carbocycles. The quantitative estimate of drug-likeness (QED) is 0.487. The number of hydrogen-bond acceptors (Lipinski definition) is 4. The zero-order valence-corrected chi connectivity index (χ0v) is 17.5. The van der Waals surface area contributed by atoms with Crippen molar-refractivity contribution < 1.29 is 13.2 Å². The molecule has 0 atom stereocenters. The number of anilines is 1. The number of nitrogens with one attached hydrogen (secondary N) is 1. The Morgan fingerprint density at radius 3 is 2.68 bits per heavy atom. The van der Waals surface area contributed by atoms with Crippen LogP contribution in [-0.2, 0) is 6.54 Å². The molecule has 0 bridgehead atoms. The minimum atomic E-state index is -2.56. The maximum absolute atomic E-state index is 14.8. The van der Waals surface area contributed by atoms with E-state index in [4.69, 9.17) is 0 Å². The van der Waals surface area contributed by atoms with Crippen LogP contribution in [-0.4, -0.2) is 36.6 Å². The SMILES string of the molecule is Cc1nc(NC2CC(C)C2)nn2ccc(-c3cc(F)c4nc(C)n(CC(F)F)c4c3)c12. The lowest BCUT2D eigenvalue weighted by Crippen LogP contribution is -2.34. The molecule has 1 aliphatic rings. The molecule has 0 unspecified atom stereocenters. The molecule has 6 nitrogen and oxygen atoms in total. The Balaban J connectivity index is 1.58. The average molecular weight is 428 g/mol. The molecule has 9 heteroatoms. The van der Waals surface area contributed by atoms with E-state index < -0.39 is 18.8 Å². The lowest BCUT2D eigenvalue weighted by molar-refractivity contribution is 0.127. The first-order valence-electron chi connectivity index (χ1n) is 10.4. The Morgan fingerprint density at radius 2 is 1.97 bits per heavy atom. The van der Waals surface area contributed by atoms with Gasteiger partial charge in [-0.25, -0.2) is 27.7 Å². The Labute approximate surface area is 177 Å². The summed E-state index contributed by atoms with van der Waals surface area (Å²) in [6.07, 6.45) is 1.45.